The second-order valence-electron chi connectivity index (χ2n) is 4.33. The van der Waals surface area contributed by atoms with E-state index in [-0.39, 0.29) is 0 Å². The van der Waals surface area contributed by atoms with Gasteiger partial charge in [-0.1, -0.05) is 0 Å². The van der Waals surface area contributed by atoms with Crippen molar-refractivity contribution in [3.8, 4) is 5.75 Å². The Kier molecular flexibility index (Phi) is 4.92. The van der Waals surface area contributed by atoms with Crippen LogP contribution in [0.3, 0.4) is 0 Å². The van der Waals surface area contributed by atoms with E-state index in [1.165, 1.54) is 6.21 Å². The number of nitrogens with zero attached hydrogens (tertiary/aromatic N) is 1. The second-order valence-corrected chi connectivity index (χ2v) is 4.33. The van der Waals surface area contributed by atoms with Crippen LogP contribution in [-0.4, -0.2) is 25.1 Å². The van der Waals surface area contributed by atoms with Crippen LogP contribution in [0.15, 0.2) is 45.9 Å². The molecule has 0 aliphatic rings. The number of hydrogen-bond donors (Lipinski definition) is 2. The molecule has 2 aromatic rings. The first-order chi connectivity index (χ1) is 10.6. The Hall–Kier alpha value is -3.09. The minimum absolute atomic E-state index is 0.478. The molecule has 0 aliphatic carbocycles. The number of benzene rings is 1. The smallest absolute Gasteiger partial charge is 0.329 e. The van der Waals surface area contributed by atoms with Crippen LogP contribution >= 0.6 is 0 Å². The number of rotatable bonds is 4. The van der Waals surface area contributed by atoms with Gasteiger partial charge >= 0.3 is 11.8 Å². The molecule has 1 aromatic carbocycles. The van der Waals surface area contributed by atoms with Gasteiger partial charge in [0.05, 0.1) is 13.3 Å². The molecule has 114 valence electrons. The van der Waals surface area contributed by atoms with Crippen LogP contribution in [0.25, 0.3) is 0 Å². The number of methoxy groups -OCH3 is 1. The van der Waals surface area contributed by atoms with Crippen molar-refractivity contribution < 1.29 is 18.7 Å². The number of carbonyl (C=O) groups excluding carboxylic acids is 2. The number of aryl methyl sites for hydroxylation is 1. The molecule has 0 bridgehead atoms. The quantitative estimate of drug-likeness (QED) is 0.510. The minimum Gasteiger partial charge on any atom is -0.497 e. The molecule has 0 saturated carbocycles. The topological polar surface area (TPSA) is 92.9 Å². The molecule has 0 saturated heterocycles. The SMILES string of the molecule is COc1ccc(NC(=O)C(=O)N/N=C/c2ccc(C)o2)cc1. The molecule has 0 radical (unpaired) electrons. The van der Waals surface area contributed by atoms with Crippen molar-refractivity contribution in [3.05, 3.63) is 47.9 Å². The Labute approximate surface area is 127 Å². The molecule has 0 aliphatic heterocycles. The highest BCUT2D eigenvalue weighted by molar-refractivity contribution is 6.39. The molecular formula is C15H15N3O4. The Balaban J connectivity index is 1.86. The highest BCUT2D eigenvalue weighted by Gasteiger charge is 2.12. The van der Waals surface area contributed by atoms with E-state index in [4.69, 9.17) is 9.15 Å². The maximum absolute atomic E-state index is 11.7. The Morgan fingerprint density at radius 3 is 2.45 bits per heavy atom. The van der Waals surface area contributed by atoms with E-state index < -0.39 is 11.8 Å². The monoisotopic (exact) mass is 301 g/mol. The molecule has 7 heteroatoms. The summed E-state index contributed by atoms with van der Waals surface area (Å²) in [5.74, 6) is 0.160. The van der Waals surface area contributed by atoms with Crippen LogP contribution < -0.4 is 15.5 Å². The number of ether oxygens (including phenoxy) is 1. The molecular weight excluding hydrogens is 286 g/mol. The number of anilines is 1. The van der Waals surface area contributed by atoms with Crippen molar-refractivity contribution >= 4 is 23.7 Å². The van der Waals surface area contributed by atoms with Crippen molar-refractivity contribution in [2.45, 2.75) is 6.92 Å². The third-order valence-electron chi connectivity index (χ3n) is 2.67. The van der Waals surface area contributed by atoms with Crippen molar-refractivity contribution in [3.63, 3.8) is 0 Å². The summed E-state index contributed by atoms with van der Waals surface area (Å²) in [6, 6.07) is 10.1. The first kappa shape index (κ1) is 15.3. The van der Waals surface area contributed by atoms with Crippen molar-refractivity contribution in [1.82, 2.24) is 5.43 Å². The van der Waals surface area contributed by atoms with Gasteiger partial charge < -0.3 is 14.5 Å². The van der Waals surface area contributed by atoms with E-state index in [1.54, 1.807) is 50.4 Å². The zero-order valence-corrected chi connectivity index (χ0v) is 12.1. The van der Waals surface area contributed by atoms with Gasteiger partial charge in [-0.05, 0) is 43.3 Å². The van der Waals surface area contributed by atoms with Crippen LogP contribution in [0.1, 0.15) is 11.5 Å². The predicted octanol–water partition coefficient (Wildman–Crippen LogP) is 1.69. The first-order valence-corrected chi connectivity index (χ1v) is 6.43. The van der Waals surface area contributed by atoms with Gasteiger partial charge in [0.15, 0.2) is 0 Å². The van der Waals surface area contributed by atoms with Gasteiger partial charge in [-0.25, -0.2) is 5.43 Å². The average molecular weight is 301 g/mol. The third kappa shape index (κ3) is 4.20. The van der Waals surface area contributed by atoms with E-state index in [0.29, 0.717) is 17.2 Å². The Morgan fingerprint density at radius 2 is 1.86 bits per heavy atom. The number of hydrazone groups is 1. The summed E-state index contributed by atoms with van der Waals surface area (Å²) in [4.78, 5) is 23.2. The molecule has 0 fully saturated rings. The summed E-state index contributed by atoms with van der Waals surface area (Å²) in [7, 11) is 1.54. The zero-order valence-electron chi connectivity index (χ0n) is 12.1. The highest BCUT2D eigenvalue weighted by Crippen LogP contribution is 2.14. The first-order valence-electron chi connectivity index (χ1n) is 6.43. The maximum Gasteiger partial charge on any atom is 0.329 e. The number of furan rings is 1. The fourth-order valence-electron chi connectivity index (χ4n) is 1.59. The van der Waals surface area contributed by atoms with Crippen LogP contribution in [0.4, 0.5) is 5.69 Å². The van der Waals surface area contributed by atoms with E-state index in [9.17, 15) is 9.59 Å². The number of amides is 2. The lowest BCUT2D eigenvalue weighted by Gasteiger charge is -2.04. The zero-order chi connectivity index (χ0) is 15.9. The summed E-state index contributed by atoms with van der Waals surface area (Å²) in [5, 5.41) is 6.09. The summed E-state index contributed by atoms with van der Waals surface area (Å²) in [5.41, 5.74) is 2.60. The standard InChI is InChI=1S/C15H15N3O4/c1-10-3-6-13(22-10)9-16-18-15(20)14(19)17-11-4-7-12(21-2)8-5-11/h3-9H,1-2H3,(H,17,19)(H,18,20)/b16-9+. The van der Waals surface area contributed by atoms with Gasteiger partial charge in [0.2, 0.25) is 0 Å². The fourth-order valence-corrected chi connectivity index (χ4v) is 1.59. The molecule has 0 spiro atoms. The highest BCUT2D eigenvalue weighted by atomic mass is 16.5. The van der Waals surface area contributed by atoms with Gasteiger partial charge in [-0.15, -0.1) is 0 Å². The van der Waals surface area contributed by atoms with Crippen LogP contribution in [-0.2, 0) is 9.59 Å². The molecule has 1 heterocycles. The molecule has 0 unspecified atom stereocenters. The van der Waals surface area contributed by atoms with Crippen molar-refractivity contribution in [2.24, 2.45) is 5.10 Å². The van der Waals surface area contributed by atoms with Gasteiger partial charge in [0.1, 0.15) is 17.3 Å². The van der Waals surface area contributed by atoms with E-state index in [0.717, 1.165) is 5.76 Å². The van der Waals surface area contributed by atoms with Crippen LogP contribution in [0, 0.1) is 6.92 Å². The lowest BCUT2D eigenvalue weighted by molar-refractivity contribution is -0.136. The summed E-state index contributed by atoms with van der Waals surface area (Å²) >= 11 is 0. The van der Waals surface area contributed by atoms with E-state index in [1.807, 2.05) is 0 Å². The third-order valence-corrected chi connectivity index (χ3v) is 2.67. The van der Waals surface area contributed by atoms with Gasteiger partial charge in [0, 0.05) is 5.69 Å². The molecule has 1 aromatic heterocycles. The molecule has 7 nitrogen and oxygen atoms in total. The molecule has 2 rings (SSSR count). The maximum atomic E-state index is 11.7. The Morgan fingerprint density at radius 1 is 1.14 bits per heavy atom. The average Bonchev–Trinajstić information content (AvgIpc) is 2.93. The van der Waals surface area contributed by atoms with E-state index >= 15 is 0 Å². The predicted molar refractivity (Wildman–Crippen MR) is 80.8 cm³/mol. The summed E-state index contributed by atoms with van der Waals surface area (Å²) in [6.45, 7) is 1.79. The molecule has 2 N–H and O–H groups in total. The molecule has 0 atom stereocenters. The van der Waals surface area contributed by atoms with Crippen molar-refractivity contribution in [1.29, 1.82) is 0 Å². The Bertz CT molecular complexity index is 689. The van der Waals surface area contributed by atoms with Gasteiger partial charge in [-0.3, -0.25) is 9.59 Å². The van der Waals surface area contributed by atoms with Crippen LogP contribution in [0.5, 0.6) is 5.75 Å². The van der Waals surface area contributed by atoms with Crippen LogP contribution in [0.2, 0.25) is 0 Å². The van der Waals surface area contributed by atoms with Crippen molar-refractivity contribution in [2.75, 3.05) is 12.4 Å². The largest absolute Gasteiger partial charge is 0.497 e. The normalized spacial score (nSPS) is 10.5. The molecule has 2 amide bonds. The lowest BCUT2D eigenvalue weighted by Crippen LogP contribution is -2.32. The second kappa shape index (κ2) is 7.07. The van der Waals surface area contributed by atoms with E-state index in [2.05, 4.69) is 15.8 Å². The number of carbonyl (C=O) groups is 2. The summed E-state index contributed by atoms with van der Waals surface area (Å²) in [6.07, 6.45) is 1.31. The number of hydrogen-bond acceptors (Lipinski definition) is 5. The lowest BCUT2D eigenvalue weighted by atomic mass is 10.3. The van der Waals surface area contributed by atoms with Gasteiger partial charge in [0.25, 0.3) is 0 Å². The summed E-state index contributed by atoms with van der Waals surface area (Å²) < 4.78 is 10.2. The number of nitrogens with one attached hydrogen (secondary N) is 2. The fraction of sp³-hybridized carbons (Fsp3) is 0.133. The molecule has 22 heavy (non-hydrogen) atoms. The minimum atomic E-state index is -0.879. The van der Waals surface area contributed by atoms with Gasteiger partial charge in [-0.2, -0.15) is 5.10 Å².